The SMILES string of the molecule is O=C(C[C@@H]1C2CCN(CC2)C12CC2)c1cc2ccc(-n3ccnn3)cc2s1. The summed E-state index contributed by atoms with van der Waals surface area (Å²) in [7, 11) is 0. The molecule has 1 aromatic carbocycles. The maximum absolute atomic E-state index is 13.2. The monoisotopic (exact) mass is 378 g/mol. The van der Waals surface area contributed by atoms with Crippen molar-refractivity contribution in [1.29, 1.82) is 0 Å². The van der Waals surface area contributed by atoms with Crippen LogP contribution >= 0.6 is 11.3 Å². The molecule has 4 aliphatic rings. The zero-order valence-corrected chi connectivity index (χ0v) is 16.0. The van der Waals surface area contributed by atoms with E-state index >= 15 is 0 Å². The molecule has 0 N–H and O–H groups in total. The number of carbonyl (C=O) groups excluding carboxylic acids is 1. The van der Waals surface area contributed by atoms with Gasteiger partial charge in [0.2, 0.25) is 0 Å². The van der Waals surface area contributed by atoms with Crippen molar-refractivity contribution in [3.63, 3.8) is 0 Å². The highest BCUT2D eigenvalue weighted by atomic mass is 32.1. The lowest BCUT2D eigenvalue weighted by atomic mass is 9.70. The number of hydrogen-bond donors (Lipinski definition) is 0. The Morgan fingerprint density at radius 2 is 2.07 bits per heavy atom. The fraction of sp³-hybridized carbons (Fsp3) is 0.476. The molecule has 1 saturated carbocycles. The lowest BCUT2D eigenvalue weighted by Gasteiger charge is -2.52. The number of rotatable bonds is 4. The maximum atomic E-state index is 13.2. The Balaban J connectivity index is 1.28. The Morgan fingerprint density at radius 3 is 2.81 bits per heavy atom. The standard InChI is InChI=1S/C21H22N4OS/c26-18(13-17-14-3-8-24(9-4-14)21(17)5-6-21)20-11-15-1-2-16(12-19(15)27-20)25-10-7-22-23-25/h1-2,7,10-12,14,17H,3-6,8-9,13H2/t17-/m1/s1. The molecule has 2 bridgehead atoms. The fourth-order valence-electron chi connectivity index (χ4n) is 5.54. The van der Waals surface area contributed by atoms with Gasteiger partial charge in [0, 0.05) is 16.7 Å². The van der Waals surface area contributed by atoms with E-state index in [9.17, 15) is 4.79 Å². The molecule has 0 unspecified atom stereocenters. The van der Waals surface area contributed by atoms with Crippen LogP contribution in [0.3, 0.4) is 0 Å². The van der Waals surface area contributed by atoms with E-state index in [2.05, 4.69) is 33.4 Å². The van der Waals surface area contributed by atoms with Crippen LogP contribution in [0.5, 0.6) is 0 Å². The largest absolute Gasteiger partial charge is 0.297 e. The van der Waals surface area contributed by atoms with E-state index in [1.54, 1.807) is 22.2 Å². The molecule has 0 amide bonds. The Hall–Kier alpha value is -2.05. The van der Waals surface area contributed by atoms with Crippen molar-refractivity contribution < 1.29 is 4.79 Å². The third-order valence-electron chi connectivity index (χ3n) is 7.06. The van der Waals surface area contributed by atoms with Gasteiger partial charge in [-0.2, -0.15) is 0 Å². The van der Waals surface area contributed by atoms with Crippen molar-refractivity contribution in [1.82, 2.24) is 19.9 Å². The number of hydrogen-bond acceptors (Lipinski definition) is 5. The number of ketones is 1. The van der Waals surface area contributed by atoms with Gasteiger partial charge in [-0.1, -0.05) is 11.3 Å². The van der Waals surface area contributed by atoms with Gasteiger partial charge in [-0.15, -0.1) is 16.4 Å². The van der Waals surface area contributed by atoms with Gasteiger partial charge in [-0.3, -0.25) is 9.69 Å². The summed E-state index contributed by atoms with van der Waals surface area (Å²) in [4.78, 5) is 16.8. The first-order chi connectivity index (χ1) is 13.2. The number of fused-ring (bicyclic) bond motifs is 3. The Bertz CT molecular complexity index is 1010. The van der Waals surface area contributed by atoms with E-state index in [1.165, 1.54) is 38.8 Å². The van der Waals surface area contributed by atoms with Crippen LogP contribution in [0, 0.1) is 11.8 Å². The lowest BCUT2D eigenvalue weighted by Crippen LogP contribution is -2.57. The zero-order chi connectivity index (χ0) is 18.0. The average Bonchev–Trinajstić information content (AvgIpc) is 3.11. The summed E-state index contributed by atoms with van der Waals surface area (Å²) in [5, 5.41) is 9.07. The van der Waals surface area contributed by atoms with Crippen molar-refractivity contribution in [2.75, 3.05) is 13.1 Å². The van der Waals surface area contributed by atoms with Crippen molar-refractivity contribution in [3.05, 3.63) is 41.5 Å². The van der Waals surface area contributed by atoms with Crippen LogP contribution in [-0.4, -0.2) is 44.3 Å². The topological polar surface area (TPSA) is 51.0 Å². The molecule has 1 atom stereocenters. The lowest BCUT2D eigenvalue weighted by molar-refractivity contribution is -0.0273. The van der Waals surface area contributed by atoms with Gasteiger partial charge in [0.15, 0.2) is 5.78 Å². The molecule has 5 nitrogen and oxygen atoms in total. The van der Waals surface area contributed by atoms with Crippen LogP contribution in [0.2, 0.25) is 0 Å². The number of nitrogens with zero attached hydrogens (tertiary/aromatic N) is 4. The quantitative estimate of drug-likeness (QED) is 0.646. The Morgan fingerprint density at radius 1 is 1.22 bits per heavy atom. The number of Topliss-reactive ketones (excluding diaryl/α,β-unsaturated/α-hetero) is 1. The predicted molar refractivity (Wildman–Crippen MR) is 105 cm³/mol. The molecule has 5 heterocycles. The van der Waals surface area contributed by atoms with E-state index in [1.807, 2.05) is 12.3 Å². The van der Waals surface area contributed by atoms with Crippen LogP contribution in [-0.2, 0) is 0 Å². The van der Waals surface area contributed by atoms with Crippen LogP contribution in [0.25, 0.3) is 15.8 Å². The first-order valence-corrected chi connectivity index (χ1v) is 10.7. The molecule has 3 saturated heterocycles. The van der Waals surface area contributed by atoms with Gasteiger partial charge in [-0.05, 0) is 74.2 Å². The molecule has 0 radical (unpaired) electrons. The molecule has 3 aromatic rings. The highest BCUT2D eigenvalue weighted by molar-refractivity contribution is 7.20. The number of benzene rings is 1. The zero-order valence-electron chi connectivity index (χ0n) is 15.2. The van der Waals surface area contributed by atoms with Crippen molar-refractivity contribution in [3.8, 4) is 5.69 Å². The van der Waals surface area contributed by atoms with Crippen LogP contribution in [0.1, 0.15) is 41.8 Å². The smallest absolute Gasteiger partial charge is 0.173 e. The summed E-state index contributed by atoms with van der Waals surface area (Å²) in [6.07, 6.45) is 9.41. The minimum absolute atomic E-state index is 0.337. The third-order valence-corrected chi connectivity index (χ3v) is 8.20. The van der Waals surface area contributed by atoms with Gasteiger partial charge in [0.05, 0.1) is 23.0 Å². The highest BCUT2D eigenvalue weighted by Gasteiger charge is 2.60. The summed E-state index contributed by atoms with van der Waals surface area (Å²) in [6.45, 7) is 2.51. The van der Waals surface area contributed by atoms with Crippen LogP contribution in [0.15, 0.2) is 36.7 Å². The number of carbonyl (C=O) groups is 1. The Labute approximate surface area is 162 Å². The summed E-state index contributed by atoms with van der Waals surface area (Å²) in [5.41, 5.74) is 1.36. The fourth-order valence-corrected chi connectivity index (χ4v) is 6.58. The highest BCUT2D eigenvalue weighted by Crippen LogP contribution is 2.58. The summed E-state index contributed by atoms with van der Waals surface area (Å²) in [5.74, 6) is 1.67. The predicted octanol–water partition coefficient (Wildman–Crippen LogP) is 3.93. The molecular weight excluding hydrogens is 356 g/mol. The normalized spacial score (nSPS) is 28.1. The molecule has 27 heavy (non-hydrogen) atoms. The number of thiophene rings is 1. The average molecular weight is 379 g/mol. The van der Waals surface area contributed by atoms with Gasteiger partial charge < -0.3 is 0 Å². The van der Waals surface area contributed by atoms with E-state index in [-0.39, 0.29) is 0 Å². The summed E-state index contributed by atoms with van der Waals surface area (Å²) >= 11 is 1.62. The van der Waals surface area contributed by atoms with Gasteiger partial charge in [0.1, 0.15) is 0 Å². The molecule has 6 heteroatoms. The van der Waals surface area contributed by atoms with Gasteiger partial charge in [-0.25, -0.2) is 4.68 Å². The van der Waals surface area contributed by atoms with E-state index in [4.69, 9.17) is 0 Å². The van der Waals surface area contributed by atoms with E-state index < -0.39 is 0 Å². The first-order valence-electron chi connectivity index (χ1n) is 9.91. The minimum atomic E-state index is 0.337. The second-order valence-corrected chi connectivity index (χ2v) is 9.43. The first kappa shape index (κ1) is 16.0. The van der Waals surface area contributed by atoms with Crippen molar-refractivity contribution >= 4 is 27.2 Å². The number of aromatic nitrogens is 3. The molecule has 4 fully saturated rings. The molecular formula is C21H22N4OS. The molecule has 3 aliphatic heterocycles. The molecule has 7 rings (SSSR count). The summed E-state index contributed by atoms with van der Waals surface area (Å²) < 4.78 is 2.89. The maximum Gasteiger partial charge on any atom is 0.173 e. The van der Waals surface area contributed by atoms with Gasteiger partial charge in [0.25, 0.3) is 0 Å². The molecule has 138 valence electrons. The molecule has 1 aliphatic carbocycles. The van der Waals surface area contributed by atoms with Crippen LogP contribution in [0.4, 0.5) is 0 Å². The van der Waals surface area contributed by atoms with Crippen molar-refractivity contribution in [2.24, 2.45) is 11.8 Å². The summed E-state index contributed by atoms with van der Waals surface area (Å²) in [6, 6.07) is 8.29. The van der Waals surface area contributed by atoms with Crippen LogP contribution < -0.4 is 0 Å². The number of piperidine rings is 3. The molecule has 1 spiro atoms. The third kappa shape index (κ3) is 2.43. The Kier molecular flexibility index (Phi) is 3.38. The minimum Gasteiger partial charge on any atom is -0.297 e. The molecule has 2 aromatic heterocycles. The van der Waals surface area contributed by atoms with Gasteiger partial charge >= 0.3 is 0 Å². The van der Waals surface area contributed by atoms with E-state index in [0.717, 1.165) is 33.0 Å². The van der Waals surface area contributed by atoms with Crippen molar-refractivity contribution in [2.45, 2.75) is 37.6 Å². The second-order valence-electron chi connectivity index (χ2n) is 8.34. The second kappa shape index (κ2) is 5.72. The van der Waals surface area contributed by atoms with E-state index in [0.29, 0.717) is 17.2 Å².